The zero-order valence-corrected chi connectivity index (χ0v) is 19.9. The van der Waals surface area contributed by atoms with E-state index in [9.17, 15) is 4.79 Å². The Hall–Kier alpha value is -2.73. The number of ether oxygens (including phenoxy) is 2. The maximum absolute atomic E-state index is 12.4. The van der Waals surface area contributed by atoms with Gasteiger partial charge >= 0.3 is 5.97 Å². The van der Waals surface area contributed by atoms with E-state index in [0.717, 1.165) is 16.7 Å². The van der Waals surface area contributed by atoms with Gasteiger partial charge in [-0.1, -0.05) is 91.0 Å². The van der Waals surface area contributed by atoms with E-state index < -0.39 is 20.0 Å². The molecule has 3 aromatic rings. The highest BCUT2D eigenvalue weighted by Gasteiger charge is 2.42. The summed E-state index contributed by atoms with van der Waals surface area (Å²) in [6.07, 6.45) is -0.341. The van der Waals surface area contributed by atoms with Gasteiger partial charge in [0.05, 0.1) is 6.61 Å². The minimum atomic E-state index is -1.85. The van der Waals surface area contributed by atoms with Crippen LogP contribution in [0.25, 0.3) is 0 Å². The molecule has 0 unspecified atom stereocenters. The summed E-state index contributed by atoms with van der Waals surface area (Å²) in [5.74, 6) is -0.286. The van der Waals surface area contributed by atoms with Gasteiger partial charge in [-0.3, -0.25) is 0 Å². The van der Waals surface area contributed by atoms with Gasteiger partial charge in [-0.25, -0.2) is 4.79 Å². The van der Waals surface area contributed by atoms with E-state index in [1.165, 1.54) is 0 Å². The van der Waals surface area contributed by atoms with Gasteiger partial charge in [0, 0.05) is 6.42 Å². The van der Waals surface area contributed by atoms with Crippen LogP contribution in [0.15, 0.2) is 91.0 Å². The number of cyclic esters (lactones) is 1. The molecule has 0 aliphatic carbocycles. The summed E-state index contributed by atoms with van der Waals surface area (Å²) < 4.78 is 18.5. The molecule has 3 aromatic carbocycles. The van der Waals surface area contributed by atoms with Crippen LogP contribution in [0.2, 0.25) is 19.6 Å². The van der Waals surface area contributed by atoms with Crippen molar-refractivity contribution in [3.05, 3.63) is 108 Å². The lowest BCUT2D eigenvalue weighted by molar-refractivity contribution is -0.149. The first kappa shape index (κ1) is 22.5. The molecule has 0 bridgehead atoms. The fourth-order valence-corrected chi connectivity index (χ4v) is 5.28. The van der Waals surface area contributed by atoms with Crippen LogP contribution in [0.3, 0.4) is 0 Å². The van der Waals surface area contributed by atoms with Gasteiger partial charge in [0.1, 0.15) is 17.8 Å². The van der Waals surface area contributed by atoms with Crippen LogP contribution < -0.4 is 0 Å². The SMILES string of the molecule is C[Si](C)(C)O[C@H]1C[C@@H](COC(c2ccccc2)(c2ccccc2)c2ccccc2)OC1=O. The normalized spacial score (nSPS) is 19.0. The fraction of sp³-hybridized carbons (Fsp3) is 0.296. The Kier molecular flexibility index (Phi) is 6.60. The second-order valence-electron chi connectivity index (χ2n) is 9.10. The molecule has 1 heterocycles. The first-order valence-electron chi connectivity index (χ1n) is 11.1. The third-order valence-electron chi connectivity index (χ3n) is 5.55. The van der Waals surface area contributed by atoms with Gasteiger partial charge in [0.15, 0.2) is 8.32 Å². The van der Waals surface area contributed by atoms with Crippen molar-refractivity contribution >= 4 is 14.3 Å². The van der Waals surface area contributed by atoms with Crippen LogP contribution >= 0.6 is 0 Å². The summed E-state index contributed by atoms with van der Waals surface area (Å²) >= 11 is 0. The van der Waals surface area contributed by atoms with E-state index in [2.05, 4.69) is 56.0 Å². The van der Waals surface area contributed by atoms with E-state index in [4.69, 9.17) is 13.9 Å². The topological polar surface area (TPSA) is 44.8 Å². The average molecular weight is 447 g/mol. The lowest BCUT2D eigenvalue weighted by atomic mass is 9.80. The largest absolute Gasteiger partial charge is 0.458 e. The number of hydrogen-bond acceptors (Lipinski definition) is 4. The summed E-state index contributed by atoms with van der Waals surface area (Å²) in [5, 5.41) is 0. The van der Waals surface area contributed by atoms with Crippen molar-refractivity contribution in [2.45, 2.75) is 43.9 Å². The number of esters is 1. The quantitative estimate of drug-likeness (QED) is 0.259. The Balaban J connectivity index is 1.69. The molecular weight excluding hydrogens is 416 g/mol. The number of carbonyl (C=O) groups excluding carboxylic acids is 1. The standard InChI is InChI=1S/C27H30O4Si/c1-32(2,3)31-25-19-24(30-26(25)28)20-29-27(21-13-7-4-8-14-21,22-15-9-5-10-16-22)23-17-11-6-12-18-23/h4-18,24-25H,19-20H2,1-3H3/t24-,25-/m0/s1. The van der Waals surface area contributed by atoms with Gasteiger partial charge < -0.3 is 13.9 Å². The van der Waals surface area contributed by atoms with E-state index in [0.29, 0.717) is 6.42 Å². The first-order chi connectivity index (χ1) is 15.4. The molecule has 1 fully saturated rings. The molecule has 1 saturated heterocycles. The second-order valence-corrected chi connectivity index (χ2v) is 13.6. The molecule has 0 amide bonds. The Bertz CT molecular complexity index is 919. The maximum Gasteiger partial charge on any atom is 0.334 e. The van der Waals surface area contributed by atoms with Crippen molar-refractivity contribution < 1.29 is 18.7 Å². The highest BCUT2D eigenvalue weighted by molar-refractivity contribution is 6.69. The predicted molar refractivity (Wildman–Crippen MR) is 128 cm³/mol. The minimum absolute atomic E-state index is 0.274. The van der Waals surface area contributed by atoms with Crippen LogP contribution in [0.1, 0.15) is 23.1 Å². The molecule has 1 aliphatic rings. The molecule has 0 radical (unpaired) electrons. The Morgan fingerprint density at radius 1 is 0.812 bits per heavy atom. The minimum Gasteiger partial charge on any atom is -0.458 e. The van der Waals surface area contributed by atoms with Crippen LogP contribution in [-0.4, -0.2) is 33.1 Å². The van der Waals surface area contributed by atoms with E-state index >= 15 is 0 Å². The summed E-state index contributed by atoms with van der Waals surface area (Å²) in [6, 6.07) is 30.6. The van der Waals surface area contributed by atoms with Crippen molar-refractivity contribution in [3.8, 4) is 0 Å². The number of carbonyl (C=O) groups is 1. The van der Waals surface area contributed by atoms with Gasteiger partial charge in [-0.05, 0) is 36.3 Å². The molecule has 32 heavy (non-hydrogen) atoms. The van der Waals surface area contributed by atoms with Crippen molar-refractivity contribution in [2.75, 3.05) is 6.61 Å². The molecule has 0 saturated carbocycles. The van der Waals surface area contributed by atoms with E-state index in [1.807, 2.05) is 54.6 Å². The van der Waals surface area contributed by atoms with E-state index in [-0.39, 0.29) is 18.7 Å². The smallest absolute Gasteiger partial charge is 0.334 e. The van der Waals surface area contributed by atoms with Crippen LogP contribution in [0, 0.1) is 0 Å². The highest BCUT2D eigenvalue weighted by atomic mass is 28.4. The maximum atomic E-state index is 12.4. The number of hydrogen-bond donors (Lipinski definition) is 0. The molecule has 166 valence electrons. The molecule has 5 heteroatoms. The van der Waals surface area contributed by atoms with Crippen molar-refractivity contribution in [1.82, 2.24) is 0 Å². The molecule has 0 aromatic heterocycles. The van der Waals surface area contributed by atoms with Crippen LogP contribution in [0.5, 0.6) is 0 Å². The average Bonchev–Trinajstić information content (AvgIpc) is 3.14. The molecule has 1 aliphatic heterocycles. The highest BCUT2D eigenvalue weighted by Crippen LogP contribution is 2.41. The fourth-order valence-electron chi connectivity index (χ4n) is 4.23. The molecule has 2 atom stereocenters. The number of benzene rings is 3. The van der Waals surface area contributed by atoms with Crippen LogP contribution in [-0.2, 0) is 24.3 Å². The van der Waals surface area contributed by atoms with Gasteiger partial charge in [-0.15, -0.1) is 0 Å². The van der Waals surface area contributed by atoms with Gasteiger partial charge in [0.2, 0.25) is 0 Å². The second kappa shape index (κ2) is 9.41. The van der Waals surface area contributed by atoms with Gasteiger partial charge in [-0.2, -0.15) is 0 Å². The third kappa shape index (κ3) is 4.85. The summed E-state index contributed by atoms with van der Waals surface area (Å²) in [6.45, 7) is 6.51. The third-order valence-corrected chi connectivity index (χ3v) is 6.54. The Labute approximate surface area is 191 Å². The number of rotatable bonds is 8. The van der Waals surface area contributed by atoms with E-state index in [1.54, 1.807) is 0 Å². The predicted octanol–water partition coefficient (Wildman–Crippen LogP) is 5.53. The zero-order chi connectivity index (χ0) is 22.6. The van der Waals surface area contributed by atoms with Crippen LogP contribution in [0.4, 0.5) is 0 Å². The lowest BCUT2D eigenvalue weighted by Gasteiger charge is -2.36. The monoisotopic (exact) mass is 446 g/mol. The van der Waals surface area contributed by atoms with Crippen molar-refractivity contribution in [3.63, 3.8) is 0 Å². The molecular formula is C27H30O4Si. The summed E-state index contributed by atoms with van der Waals surface area (Å²) in [7, 11) is -1.85. The molecule has 0 spiro atoms. The molecule has 4 nitrogen and oxygen atoms in total. The Morgan fingerprint density at radius 3 is 1.66 bits per heavy atom. The first-order valence-corrected chi connectivity index (χ1v) is 14.5. The lowest BCUT2D eigenvalue weighted by Crippen LogP contribution is -2.36. The van der Waals surface area contributed by atoms with Crippen molar-refractivity contribution in [2.24, 2.45) is 0 Å². The summed E-state index contributed by atoms with van der Waals surface area (Å²) in [5.41, 5.74) is 2.25. The molecule has 0 N–H and O–H groups in total. The summed E-state index contributed by atoms with van der Waals surface area (Å²) in [4.78, 5) is 12.4. The zero-order valence-electron chi connectivity index (χ0n) is 18.9. The Morgan fingerprint density at radius 2 is 1.25 bits per heavy atom. The molecule has 4 rings (SSSR count). The van der Waals surface area contributed by atoms with Gasteiger partial charge in [0.25, 0.3) is 0 Å². The van der Waals surface area contributed by atoms with Crippen molar-refractivity contribution in [1.29, 1.82) is 0 Å².